The molecule has 2 nitrogen and oxygen atoms in total. The van der Waals surface area contributed by atoms with Crippen LogP contribution >= 0.6 is 0 Å². The summed E-state index contributed by atoms with van der Waals surface area (Å²) in [5.74, 6) is 0. The van der Waals surface area contributed by atoms with Gasteiger partial charge in [0.2, 0.25) is 0 Å². The average molecular weight is 589 g/mol. The molecule has 0 aromatic carbocycles. The Kier molecular flexibility index (Phi) is 35.2. The lowest BCUT2D eigenvalue weighted by atomic mass is 10.1. The van der Waals surface area contributed by atoms with Crippen molar-refractivity contribution in [1.29, 1.82) is 0 Å². The van der Waals surface area contributed by atoms with E-state index in [0.717, 1.165) is 8.97 Å². The van der Waals surface area contributed by atoms with Gasteiger partial charge in [-0.3, -0.25) is 0 Å². The largest absolute Gasteiger partial charge is 1.00 e. The highest BCUT2D eigenvalue weighted by Crippen LogP contribution is 2.11. The summed E-state index contributed by atoms with van der Waals surface area (Å²) in [6, 6.07) is 0. The molecule has 0 amide bonds. The van der Waals surface area contributed by atoms with Gasteiger partial charge in [0, 0.05) is 0 Å². The highest BCUT2D eigenvalue weighted by atomic mass is 79.9. The first kappa shape index (κ1) is 40.1. The van der Waals surface area contributed by atoms with Crippen molar-refractivity contribution in [3.8, 4) is 0 Å². The van der Waals surface area contributed by atoms with Gasteiger partial charge in [-0.2, -0.15) is 0 Å². The lowest BCUT2D eigenvalue weighted by molar-refractivity contribution is -0.870. The number of unbranched alkanes of at least 4 members (excludes halogenated alkanes) is 16. The van der Waals surface area contributed by atoms with Crippen LogP contribution in [-0.2, 0) is 0 Å². The second-order valence-corrected chi connectivity index (χ2v) is 11.7. The minimum atomic E-state index is 0. The standard InChI is InChI=1S/C15H34N.C13H30N.2BrH/c1-5-6-7-8-9-10-11-12-13-14-15-16(2,3)4;1-5-6-7-8-9-10-11-12-13-14(2,3)4;;/h5-15H2,1-4H3;5-13H2,1-4H3;2*1H/q2*+1;;/p-2. The van der Waals surface area contributed by atoms with Crippen LogP contribution in [-0.4, -0.2) is 64.3 Å². The molecular formula is C28H64Br2N2. The van der Waals surface area contributed by atoms with Crippen molar-refractivity contribution in [1.82, 2.24) is 0 Å². The Bertz CT molecular complexity index is 322. The SMILES string of the molecule is CCCCCCCCCCCC[N+](C)(C)C.CCCCCCCCCC[N+](C)(C)C.[Br-].[Br-]. The van der Waals surface area contributed by atoms with Crippen LogP contribution in [0.25, 0.3) is 0 Å². The quantitative estimate of drug-likeness (QED) is 0.152. The van der Waals surface area contributed by atoms with Gasteiger partial charge in [0.05, 0.1) is 55.4 Å². The van der Waals surface area contributed by atoms with Crippen LogP contribution in [0.2, 0.25) is 0 Å². The molecule has 0 saturated heterocycles. The molecular weight excluding hydrogens is 524 g/mol. The number of halogens is 2. The summed E-state index contributed by atoms with van der Waals surface area (Å²) in [7, 11) is 13.7. The number of hydrogen-bond acceptors (Lipinski definition) is 0. The summed E-state index contributed by atoms with van der Waals surface area (Å²) in [5.41, 5.74) is 0. The van der Waals surface area contributed by atoms with Gasteiger partial charge >= 0.3 is 0 Å². The minimum absolute atomic E-state index is 0. The lowest BCUT2D eigenvalue weighted by Crippen LogP contribution is -3.00. The predicted molar refractivity (Wildman–Crippen MR) is 140 cm³/mol. The topological polar surface area (TPSA) is 0 Å². The smallest absolute Gasteiger partial charge is 0.0780 e. The molecule has 0 radical (unpaired) electrons. The van der Waals surface area contributed by atoms with E-state index in [1.165, 1.54) is 129 Å². The Morgan fingerprint density at radius 3 is 0.688 bits per heavy atom. The molecule has 0 saturated carbocycles. The van der Waals surface area contributed by atoms with Crippen molar-refractivity contribution >= 4 is 0 Å². The van der Waals surface area contributed by atoms with Gasteiger partial charge in [-0.15, -0.1) is 0 Å². The molecule has 0 aromatic rings. The van der Waals surface area contributed by atoms with Crippen LogP contribution in [0.5, 0.6) is 0 Å². The molecule has 0 aromatic heterocycles. The van der Waals surface area contributed by atoms with Crippen LogP contribution in [0.3, 0.4) is 0 Å². The first-order valence-electron chi connectivity index (χ1n) is 13.7. The van der Waals surface area contributed by atoms with Gasteiger partial charge in [-0.05, 0) is 25.7 Å². The Balaban J connectivity index is -0.000000232. The molecule has 0 rings (SSSR count). The van der Waals surface area contributed by atoms with Gasteiger partial charge in [0.1, 0.15) is 0 Å². The zero-order chi connectivity index (χ0) is 23.1. The summed E-state index contributed by atoms with van der Waals surface area (Å²) in [6.45, 7) is 7.22. The third-order valence-corrected chi connectivity index (χ3v) is 5.86. The number of rotatable bonds is 20. The monoisotopic (exact) mass is 586 g/mol. The van der Waals surface area contributed by atoms with Gasteiger partial charge in [-0.1, -0.05) is 104 Å². The van der Waals surface area contributed by atoms with Crippen LogP contribution < -0.4 is 34.0 Å². The Morgan fingerprint density at radius 2 is 0.500 bits per heavy atom. The van der Waals surface area contributed by atoms with E-state index in [1.807, 2.05) is 0 Å². The van der Waals surface area contributed by atoms with E-state index in [1.54, 1.807) is 0 Å². The normalized spacial score (nSPS) is 11.2. The molecule has 4 heteroatoms. The zero-order valence-electron chi connectivity index (χ0n) is 23.8. The van der Waals surface area contributed by atoms with Gasteiger partial charge in [0.25, 0.3) is 0 Å². The van der Waals surface area contributed by atoms with E-state index in [4.69, 9.17) is 0 Å². The van der Waals surface area contributed by atoms with Crippen LogP contribution in [0.15, 0.2) is 0 Å². The van der Waals surface area contributed by atoms with E-state index in [9.17, 15) is 0 Å². The van der Waals surface area contributed by atoms with Crippen molar-refractivity contribution in [2.45, 2.75) is 129 Å². The maximum absolute atomic E-state index is 2.29. The molecule has 0 fully saturated rings. The molecule has 0 aliphatic rings. The fourth-order valence-corrected chi connectivity index (χ4v) is 3.79. The summed E-state index contributed by atoms with van der Waals surface area (Å²) in [5, 5.41) is 0. The number of nitrogens with zero attached hydrogens (tertiary/aromatic N) is 2. The zero-order valence-corrected chi connectivity index (χ0v) is 27.0. The van der Waals surface area contributed by atoms with E-state index >= 15 is 0 Å². The summed E-state index contributed by atoms with van der Waals surface area (Å²) in [4.78, 5) is 0. The third kappa shape index (κ3) is 44.5. The molecule has 0 aliphatic carbocycles. The summed E-state index contributed by atoms with van der Waals surface area (Å²) in [6.07, 6.45) is 25.8. The molecule has 0 bridgehead atoms. The Hall–Kier alpha value is 0.880. The van der Waals surface area contributed by atoms with Crippen molar-refractivity contribution in [3.63, 3.8) is 0 Å². The third-order valence-electron chi connectivity index (χ3n) is 5.86. The maximum Gasteiger partial charge on any atom is 0.0780 e. The summed E-state index contributed by atoms with van der Waals surface area (Å²) >= 11 is 0. The van der Waals surface area contributed by atoms with E-state index < -0.39 is 0 Å². The van der Waals surface area contributed by atoms with Crippen LogP contribution in [0.1, 0.15) is 129 Å². The summed E-state index contributed by atoms with van der Waals surface area (Å²) < 4.78 is 2.24. The van der Waals surface area contributed by atoms with Crippen molar-refractivity contribution in [3.05, 3.63) is 0 Å². The molecule has 0 heterocycles. The molecule has 200 valence electrons. The number of hydrogen-bond donors (Lipinski definition) is 0. The molecule has 0 aliphatic heterocycles. The molecule has 0 atom stereocenters. The fraction of sp³-hybridized carbons (Fsp3) is 1.00. The number of quaternary nitrogens is 2. The average Bonchev–Trinajstić information content (AvgIpc) is 2.64. The molecule has 32 heavy (non-hydrogen) atoms. The van der Waals surface area contributed by atoms with Gasteiger partial charge in [-0.25, -0.2) is 0 Å². The Labute approximate surface area is 227 Å². The molecule has 0 spiro atoms. The fourth-order valence-electron chi connectivity index (χ4n) is 3.79. The van der Waals surface area contributed by atoms with Crippen molar-refractivity contribution in [2.24, 2.45) is 0 Å². The minimum Gasteiger partial charge on any atom is -1.00 e. The predicted octanol–water partition coefficient (Wildman–Crippen LogP) is 2.45. The van der Waals surface area contributed by atoms with Crippen LogP contribution in [0, 0.1) is 0 Å². The molecule has 0 unspecified atom stereocenters. The highest BCUT2D eigenvalue weighted by molar-refractivity contribution is 4.47. The van der Waals surface area contributed by atoms with Gasteiger partial charge < -0.3 is 42.9 Å². The van der Waals surface area contributed by atoms with E-state index in [0.29, 0.717) is 0 Å². The van der Waals surface area contributed by atoms with E-state index in [2.05, 4.69) is 56.1 Å². The second kappa shape index (κ2) is 28.1. The lowest BCUT2D eigenvalue weighted by Gasteiger charge is -2.23. The Morgan fingerprint density at radius 1 is 0.312 bits per heavy atom. The van der Waals surface area contributed by atoms with Gasteiger partial charge in [0.15, 0.2) is 0 Å². The maximum atomic E-state index is 2.29. The van der Waals surface area contributed by atoms with Crippen LogP contribution in [0.4, 0.5) is 0 Å². The van der Waals surface area contributed by atoms with Crippen molar-refractivity contribution in [2.75, 3.05) is 55.4 Å². The first-order chi connectivity index (χ1) is 14.1. The first-order valence-corrected chi connectivity index (χ1v) is 13.7. The van der Waals surface area contributed by atoms with E-state index in [-0.39, 0.29) is 34.0 Å². The highest BCUT2D eigenvalue weighted by Gasteiger charge is 2.05. The molecule has 0 N–H and O–H groups in total. The van der Waals surface area contributed by atoms with Crippen molar-refractivity contribution < 1.29 is 42.9 Å². The second-order valence-electron chi connectivity index (χ2n) is 11.7.